The van der Waals surface area contributed by atoms with Crippen molar-refractivity contribution in [2.24, 2.45) is 5.92 Å². The second kappa shape index (κ2) is 8.30. The average molecular weight is 406 g/mol. The van der Waals surface area contributed by atoms with E-state index < -0.39 is 18.0 Å². The van der Waals surface area contributed by atoms with E-state index in [9.17, 15) is 14.4 Å². The third-order valence-corrected chi connectivity index (χ3v) is 5.82. The molecule has 1 aliphatic heterocycles. The molecule has 2 aromatic rings. The minimum absolute atomic E-state index is 0.0813. The molecule has 0 unspecified atom stereocenters. The van der Waals surface area contributed by atoms with Crippen molar-refractivity contribution < 1.29 is 19.1 Å². The summed E-state index contributed by atoms with van der Waals surface area (Å²) in [6.45, 7) is 4.22. The molecule has 30 heavy (non-hydrogen) atoms. The Kier molecular flexibility index (Phi) is 5.57. The predicted molar refractivity (Wildman–Crippen MR) is 113 cm³/mol. The largest absolute Gasteiger partial charge is 0.447 e. The molecule has 1 aliphatic carbocycles. The molecular weight excluding hydrogens is 380 g/mol. The normalized spacial score (nSPS) is 19.5. The summed E-state index contributed by atoms with van der Waals surface area (Å²) in [7, 11) is 0. The van der Waals surface area contributed by atoms with Gasteiger partial charge in [0.1, 0.15) is 0 Å². The second-order valence-electron chi connectivity index (χ2n) is 8.13. The number of carbonyl (C=O) groups is 3. The summed E-state index contributed by atoms with van der Waals surface area (Å²) in [6.07, 6.45) is 0.966. The van der Waals surface area contributed by atoms with Crippen LogP contribution in [-0.4, -0.2) is 30.4 Å². The lowest BCUT2D eigenvalue weighted by Gasteiger charge is -2.21. The molecule has 2 aromatic carbocycles. The highest BCUT2D eigenvalue weighted by atomic mass is 16.5. The number of nitrogens with zero attached hydrogens (tertiary/aromatic N) is 1. The van der Waals surface area contributed by atoms with E-state index in [1.807, 2.05) is 50.2 Å². The van der Waals surface area contributed by atoms with Gasteiger partial charge in [0.05, 0.1) is 5.92 Å². The van der Waals surface area contributed by atoms with Crippen LogP contribution >= 0.6 is 0 Å². The number of ether oxygens (including phenoxy) is 1. The van der Waals surface area contributed by atoms with Crippen molar-refractivity contribution in [1.82, 2.24) is 5.32 Å². The van der Waals surface area contributed by atoms with Crippen molar-refractivity contribution in [3.8, 4) is 0 Å². The van der Waals surface area contributed by atoms with Crippen molar-refractivity contribution in [3.63, 3.8) is 0 Å². The van der Waals surface area contributed by atoms with Crippen molar-refractivity contribution >= 4 is 23.5 Å². The smallest absolute Gasteiger partial charge is 0.312 e. The number of nitrogens with one attached hydrogen (secondary N) is 1. The van der Waals surface area contributed by atoms with Crippen LogP contribution in [0.4, 0.5) is 5.69 Å². The first kappa shape index (κ1) is 20.1. The fourth-order valence-electron chi connectivity index (χ4n) is 3.74. The summed E-state index contributed by atoms with van der Waals surface area (Å²) in [5.74, 6) is -1.54. The minimum atomic E-state index is -1.01. The van der Waals surface area contributed by atoms with E-state index in [1.54, 1.807) is 17.0 Å². The van der Waals surface area contributed by atoms with Gasteiger partial charge in [-0.3, -0.25) is 14.4 Å². The van der Waals surface area contributed by atoms with Crippen LogP contribution in [0.15, 0.2) is 48.5 Å². The van der Waals surface area contributed by atoms with E-state index in [0.29, 0.717) is 5.56 Å². The average Bonchev–Trinajstić information content (AvgIpc) is 3.47. The topological polar surface area (TPSA) is 75.7 Å². The molecule has 1 saturated heterocycles. The van der Waals surface area contributed by atoms with Crippen molar-refractivity contribution in [3.05, 3.63) is 65.2 Å². The monoisotopic (exact) mass is 406 g/mol. The van der Waals surface area contributed by atoms with Crippen LogP contribution in [0.3, 0.4) is 0 Å². The maximum Gasteiger partial charge on any atom is 0.312 e. The lowest BCUT2D eigenvalue weighted by Crippen LogP contribution is -2.35. The summed E-state index contributed by atoms with van der Waals surface area (Å²) in [5.41, 5.74) is 3.55. The summed E-state index contributed by atoms with van der Waals surface area (Å²) in [6, 6.07) is 15.0. The van der Waals surface area contributed by atoms with Gasteiger partial charge in [-0.15, -0.1) is 0 Å². The quantitative estimate of drug-likeness (QED) is 0.748. The molecule has 1 N–H and O–H groups in total. The molecule has 1 saturated carbocycles. The zero-order chi connectivity index (χ0) is 21.3. The van der Waals surface area contributed by atoms with Crippen LogP contribution in [0.25, 0.3) is 0 Å². The van der Waals surface area contributed by atoms with Gasteiger partial charge in [-0.25, -0.2) is 0 Å². The molecule has 2 aliphatic rings. The first-order valence-electron chi connectivity index (χ1n) is 10.4. The summed E-state index contributed by atoms with van der Waals surface area (Å²) < 4.78 is 5.67. The van der Waals surface area contributed by atoms with Crippen LogP contribution in [0.5, 0.6) is 0 Å². The molecule has 6 nitrogen and oxygen atoms in total. The van der Waals surface area contributed by atoms with Gasteiger partial charge in [-0.1, -0.05) is 42.5 Å². The van der Waals surface area contributed by atoms with Gasteiger partial charge in [-0.2, -0.15) is 0 Å². The minimum Gasteiger partial charge on any atom is -0.447 e. The van der Waals surface area contributed by atoms with E-state index in [4.69, 9.17) is 4.74 Å². The zero-order valence-electron chi connectivity index (χ0n) is 17.3. The summed E-state index contributed by atoms with van der Waals surface area (Å²) in [4.78, 5) is 39.9. The van der Waals surface area contributed by atoms with Crippen LogP contribution in [0.1, 0.15) is 42.1 Å². The predicted octanol–water partition coefficient (Wildman–Crippen LogP) is 3.22. The van der Waals surface area contributed by atoms with E-state index in [1.165, 1.54) is 0 Å². The summed E-state index contributed by atoms with van der Waals surface area (Å²) >= 11 is 0. The highest BCUT2D eigenvalue weighted by molar-refractivity contribution is 6.00. The molecule has 156 valence electrons. The first-order chi connectivity index (χ1) is 14.4. The van der Waals surface area contributed by atoms with E-state index >= 15 is 0 Å². The second-order valence-corrected chi connectivity index (χ2v) is 8.13. The van der Waals surface area contributed by atoms with E-state index in [0.717, 1.165) is 29.7 Å². The number of anilines is 1. The van der Waals surface area contributed by atoms with Gasteiger partial charge < -0.3 is 15.0 Å². The molecule has 2 amide bonds. The third-order valence-electron chi connectivity index (χ3n) is 5.82. The SMILES string of the molecule is Cc1cccc(N2C[C@H](C(=O)O[C@H](C(=O)NC3CC3)c3ccccc3)CC2=O)c1C. The van der Waals surface area contributed by atoms with Crippen molar-refractivity contribution in [1.29, 1.82) is 0 Å². The zero-order valence-corrected chi connectivity index (χ0v) is 17.3. The highest BCUT2D eigenvalue weighted by Gasteiger charge is 2.39. The number of benzene rings is 2. The maximum absolute atomic E-state index is 12.9. The van der Waals surface area contributed by atoms with Crippen LogP contribution in [-0.2, 0) is 19.1 Å². The van der Waals surface area contributed by atoms with Gasteiger partial charge in [0.25, 0.3) is 5.91 Å². The Bertz CT molecular complexity index is 968. The van der Waals surface area contributed by atoms with E-state index in [-0.39, 0.29) is 30.8 Å². The Balaban J connectivity index is 1.49. The molecule has 1 heterocycles. The molecule has 0 aromatic heterocycles. The van der Waals surface area contributed by atoms with Crippen molar-refractivity contribution in [2.75, 3.05) is 11.4 Å². The molecule has 0 radical (unpaired) electrons. The molecule has 0 bridgehead atoms. The Morgan fingerprint density at radius 3 is 2.50 bits per heavy atom. The highest BCUT2D eigenvalue weighted by Crippen LogP contribution is 2.31. The Hall–Kier alpha value is -3.15. The number of aryl methyl sites for hydroxylation is 1. The number of amides is 2. The van der Waals surface area contributed by atoms with Gasteiger partial charge in [0.15, 0.2) is 0 Å². The fourth-order valence-corrected chi connectivity index (χ4v) is 3.74. The van der Waals surface area contributed by atoms with Crippen LogP contribution in [0, 0.1) is 19.8 Å². The number of hydrogen-bond acceptors (Lipinski definition) is 4. The molecule has 6 heteroatoms. The number of hydrogen-bond donors (Lipinski definition) is 1. The van der Waals surface area contributed by atoms with Crippen LogP contribution in [0.2, 0.25) is 0 Å². The van der Waals surface area contributed by atoms with Gasteiger partial charge in [0.2, 0.25) is 12.0 Å². The van der Waals surface area contributed by atoms with Crippen LogP contribution < -0.4 is 10.2 Å². The lowest BCUT2D eigenvalue weighted by atomic mass is 10.1. The van der Waals surface area contributed by atoms with Gasteiger partial charge >= 0.3 is 5.97 Å². The molecule has 2 atom stereocenters. The number of rotatable bonds is 6. The molecule has 4 rings (SSSR count). The maximum atomic E-state index is 12.9. The Morgan fingerprint density at radius 2 is 1.80 bits per heavy atom. The molecular formula is C24H26N2O4. The van der Waals surface area contributed by atoms with Crippen molar-refractivity contribution in [2.45, 2.75) is 45.3 Å². The number of esters is 1. The van der Waals surface area contributed by atoms with E-state index in [2.05, 4.69) is 5.32 Å². The molecule has 2 fully saturated rings. The Labute approximate surface area is 176 Å². The third kappa shape index (κ3) is 4.22. The first-order valence-corrected chi connectivity index (χ1v) is 10.4. The number of carbonyl (C=O) groups excluding carboxylic acids is 3. The summed E-state index contributed by atoms with van der Waals surface area (Å²) in [5, 5.41) is 2.91. The molecule has 0 spiro atoms. The standard InChI is InChI=1S/C24H26N2O4/c1-15-7-6-10-20(16(15)2)26-14-18(13-21(26)27)24(29)30-22(17-8-4-3-5-9-17)23(28)25-19-11-12-19/h3-10,18-19,22H,11-14H2,1-2H3,(H,25,28)/t18-,22+/m1/s1. The Morgan fingerprint density at radius 1 is 1.07 bits per heavy atom. The van der Waals surface area contributed by atoms with Gasteiger partial charge in [0, 0.05) is 30.3 Å². The van der Waals surface area contributed by atoms with Gasteiger partial charge in [-0.05, 0) is 43.9 Å². The fraction of sp³-hybridized carbons (Fsp3) is 0.375. The lowest BCUT2D eigenvalue weighted by molar-refractivity contribution is -0.160.